The number of carbonyl (C=O) groups is 2. The molecule has 0 fully saturated rings. The van der Waals surface area contributed by atoms with Crippen LogP contribution in [-0.4, -0.2) is 27.1 Å². The van der Waals surface area contributed by atoms with Crippen molar-refractivity contribution in [2.24, 2.45) is 0 Å². The van der Waals surface area contributed by atoms with Crippen molar-refractivity contribution in [1.82, 2.24) is 10.3 Å². The molecule has 1 heterocycles. The zero-order chi connectivity index (χ0) is 21.1. The first kappa shape index (κ1) is 19.1. The van der Waals surface area contributed by atoms with E-state index in [0.717, 1.165) is 0 Å². The minimum atomic E-state index is -1.25. The Balaban J connectivity index is 1.94. The Kier molecular flexibility index (Phi) is 5.13. The van der Waals surface area contributed by atoms with Crippen molar-refractivity contribution in [3.05, 3.63) is 107 Å². The van der Waals surface area contributed by atoms with Crippen LogP contribution in [0.25, 0.3) is 10.8 Å². The van der Waals surface area contributed by atoms with Crippen LogP contribution in [0.4, 0.5) is 0 Å². The molecule has 0 saturated carbocycles. The number of aromatic nitrogens is 1. The Labute approximate surface area is 172 Å². The number of carboxylic acid groups (broad SMARTS) is 1. The van der Waals surface area contributed by atoms with Crippen LogP contribution in [0.2, 0.25) is 0 Å². The number of pyridine rings is 1. The molecule has 0 bridgehead atoms. The lowest BCUT2D eigenvalue weighted by Crippen LogP contribution is -2.30. The molecule has 0 aliphatic heterocycles. The maximum atomic E-state index is 12.9. The first-order valence-corrected chi connectivity index (χ1v) is 9.30. The fraction of sp³-hybridized carbons (Fsp3) is 0.0417. The molecule has 0 saturated heterocycles. The third-order valence-electron chi connectivity index (χ3n) is 4.91. The van der Waals surface area contributed by atoms with Gasteiger partial charge in [-0.05, 0) is 34.5 Å². The topological polar surface area (TPSA) is 99.5 Å². The molecule has 0 spiro atoms. The standard InChI is InChI=1S/C24H18N2O4/c27-22-19(24(29)30)13-16-9-4-5-11-18(16)20(22)21(15-7-2-1-3-8-15)26-23(28)17-10-6-12-25-14-17/h1-14,21,27H,(H,26,28)(H,29,30)/t21-/m1/s1. The molecular formula is C24H18N2O4. The van der Waals surface area contributed by atoms with Crippen LogP contribution in [0.1, 0.15) is 37.9 Å². The predicted molar refractivity (Wildman–Crippen MR) is 113 cm³/mol. The summed E-state index contributed by atoms with van der Waals surface area (Å²) in [6, 6.07) is 20.2. The molecule has 1 aromatic heterocycles. The van der Waals surface area contributed by atoms with E-state index >= 15 is 0 Å². The molecular weight excluding hydrogens is 380 g/mol. The highest BCUT2D eigenvalue weighted by Crippen LogP contribution is 2.38. The van der Waals surface area contributed by atoms with E-state index in [-0.39, 0.29) is 17.2 Å². The van der Waals surface area contributed by atoms with Gasteiger partial charge in [0.05, 0.1) is 11.6 Å². The van der Waals surface area contributed by atoms with Crippen LogP contribution in [0.3, 0.4) is 0 Å². The lowest BCUT2D eigenvalue weighted by molar-refractivity contribution is 0.0693. The van der Waals surface area contributed by atoms with Gasteiger partial charge in [-0.1, -0.05) is 54.6 Å². The Bertz CT molecular complexity index is 1220. The second-order valence-corrected chi connectivity index (χ2v) is 6.77. The first-order chi connectivity index (χ1) is 14.6. The van der Waals surface area contributed by atoms with Crippen molar-refractivity contribution in [1.29, 1.82) is 0 Å². The maximum Gasteiger partial charge on any atom is 0.339 e. The number of fused-ring (bicyclic) bond motifs is 1. The summed E-state index contributed by atoms with van der Waals surface area (Å²) < 4.78 is 0. The number of hydrogen-bond acceptors (Lipinski definition) is 4. The van der Waals surface area contributed by atoms with Crippen LogP contribution in [-0.2, 0) is 0 Å². The molecule has 30 heavy (non-hydrogen) atoms. The minimum absolute atomic E-state index is 0.222. The maximum absolute atomic E-state index is 12.9. The fourth-order valence-electron chi connectivity index (χ4n) is 3.50. The lowest BCUT2D eigenvalue weighted by Gasteiger charge is -2.23. The molecule has 6 nitrogen and oxygen atoms in total. The number of aromatic hydroxyl groups is 1. The zero-order valence-electron chi connectivity index (χ0n) is 15.8. The van der Waals surface area contributed by atoms with Gasteiger partial charge >= 0.3 is 5.97 Å². The smallest absolute Gasteiger partial charge is 0.339 e. The largest absolute Gasteiger partial charge is 0.507 e. The summed E-state index contributed by atoms with van der Waals surface area (Å²) in [5, 5.41) is 24.8. The zero-order valence-corrected chi connectivity index (χ0v) is 15.8. The van der Waals surface area contributed by atoms with Gasteiger partial charge in [-0.25, -0.2) is 4.79 Å². The Morgan fingerprint density at radius 2 is 1.67 bits per heavy atom. The third kappa shape index (κ3) is 3.58. The summed E-state index contributed by atoms with van der Waals surface area (Å²) >= 11 is 0. The molecule has 0 unspecified atom stereocenters. The van der Waals surface area contributed by atoms with Gasteiger partial charge in [0.25, 0.3) is 5.91 Å². The van der Waals surface area contributed by atoms with E-state index in [2.05, 4.69) is 10.3 Å². The third-order valence-corrected chi connectivity index (χ3v) is 4.91. The van der Waals surface area contributed by atoms with Crippen LogP contribution in [0.5, 0.6) is 5.75 Å². The van der Waals surface area contributed by atoms with Gasteiger partial charge in [0, 0.05) is 18.0 Å². The van der Waals surface area contributed by atoms with E-state index < -0.39 is 12.0 Å². The monoisotopic (exact) mass is 398 g/mol. The number of hydrogen-bond donors (Lipinski definition) is 3. The van der Waals surface area contributed by atoms with Crippen LogP contribution in [0, 0.1) is 0 Å². The van der Waals surface area contributed by atoms with Crippen LogP contribution < -0.4 is 5.32 Å². The quantitative estimate of drug-likeness (QED) is 0.469. The van der Waals surface area contributed by atoms with Gasteiger partial charge in [-0.3, -0.25) is 9.78 Å². The lowest BCUT2D eigenvalue weighted by atomic mass is 9.90. The highest BCUT2D eigenvalue weighted by molar-refractivity contribution is 6.01. The van der Waals surface area contributed by atoms with Gasteiger partial charge < -0.3 is 15.5 Å². The number of nitrogens with one attached hydrogen (secondary N) is 1. The first-order valence-electron chi connectivity index (χ1n) is 9.30. The minimum Gasteiger partial charge on any atom is -0.507 e. The van der Waals surface area contributed by atoms with Gasteiger partial charge in [0.1, 0.15) is 11.3 Å². The van der Waals surface area contributed by atoms with Gasteiger partial charge in [0.15, 0.2) is 0 Å². The van der Waals surface area contributed by atoms with E-state index in [1.54, 1.807) is 42.6 Å². The van der Waals surface area contributed by atoms with Crippen molar-refractivity contribution >= 4 is 22.6 Å². The SMILES string of the molecule is O=C(N[C@H](c1ccccc1)c1c(O)c(C(=O)O)cc2ccccc12)c1cccnc1. The number of nitrogens with zero attached hydrogens (tertiary/aromatic N) is 1. The number of aromatic carboxylic acids is 1. The van der Waals surface area contributed by atoms with E-state index in [0.29, 0.717) is 27.5 Å². The molecule has 3 aromatic carbocycles. The molecule has 148 valence electrons. The number of amides is 1. The van der Waals surface area contributed by atoms with Crippen molar-refractivity contribution in [2.75, 3.05) is 0 Å². The molecule has 0 aliphatic carbocycles. The van der Waals surface area contributed by atoms with E-state index in [1.165, 1.54) is 12.3 Å². The summed E-state index contributed by atoms with van der Waals surface area (Å²) in [5.41, 5.74) is 1.17. The Hall–Kier alpha value is -4.19. The van der Waals surface area contributed by atoms with Gasteiger partial charge in [-0.2, -0.15) is 0 Å². The molecule has 1 atom stereocenters. The van der Waals surface area contributed by atoms with Gasteiger partial charge in [0.2, 0.25) is 0 Å². The number of benzene rings is 3. The number of carboxylic acids is 1. The van der Waals surface area contributed by atoms with E-state index in [1.807, 2.05) is 30.3 Å². The number of phenols is 1. The van der Waals surface area contributed by atoms with Crippen molar-refractivity contribution in [3.63, 3.8) is 0 Å². The summed E-state index contributed by atoms with van der Waals surface area (Å²) in [7, 11) is 0. The van der Waals surface area contributed by atoms with Crippen molar-refractivity contribution in [3.8, 4) is 5.75 Å². The Morgan fingerprint density at radius 3 is 2.37 bits per heavy atom. The van der Waals surface area contributed by atoms with E-state index in [9.17, 15) is 19.8 Å². The van der Waals surface area contributed by atoms with Crippen LogP contribution in [0.15, 0.2) is 85.2 Å². The highest BCUT2D eigenvalue weighted by Gasteiger charge is 2.26. The summed E-state index contributed by atoms with van der Waals surface area (Å²) in [5.74, 6) is -2.01. The summed E-state index contributed by atoms with van der Waals surface area (Å²) in [4.78, 5) is 28.7. The predicted octanol–water partition coefficient (Wildman–Crippen LogP) is 4.16. The van der Waals surface area contributed by atoms with Gasteiger partial charge in [-0.15, -0.1) is 0 Å². The number of carbonyl (C=O) groups excluding carboxylic acids is 1. The molecule has 1 amide bonds. The highest BCUT2D eigenvalue weighted by atomic mass is 16.4. The van der Waals surface area contributed by atoms with Crippen molar-refractivity contribution in [2.45, 2.75) is 6.04 Å². The average Bonchev–Trinajstić information content (AvgIpc) is 2.78. The Morgan fingerprint density at radius 1 is 0.933 bits per heavy atom. The fourth-order valence-corrected chi connectivity index (χ4v) is 3.50. The normalized spacial score (nSPS) is 11.7. The molecule has 0 radical (unpaired) electrons. The van der Waals surface area contributed by atoms with Crippen LogP contribution >= 0.6 is 0 Å². The second-order valence-electron chi connectivity index (χ2n) is 6.77. The second kappa shape index (κ2) is 8.05. The molecule has 0 aliphatic rings. The van der Waals surface area contributed by atoms with Crippen molar-refractivity contribution < 1.29 is 19.8 Å². The average molecular weight is 398 g/mol. The molecule has 6 heteroatoms. The molecule has 4 aromatic rings. The molecule has 3 N–H and O–H groups in total. The molecule has 4 rings (SSSR count). The summed E-state index contributed by atoms with van der Waals surface area (Å²) in [6.45, 7) is 0. The van der Waals surface area contributed by atoms with E-state index in [4.69, 9.17) is 0 Å². The summed E-state index contributed by atoms with van der Waals surface area (Å²) in [6.07, 6.45) is 3.02. The number of rotatable bonds is 5.